The molecule has 3 nitrogen and oxygen atoms in total. The summed E-state index contributed by atoms with van der Waals surface area (Å²) in [5, 5.41) is 0. The topological polar surface area (TPSA) is 23.6 Å². The molecule has 23 heavy (non-hydrogen) atoms. The van der Waals surface area contributed by atoms with Crippen LogP contribution in [-0.2, 0) is 0 Å². The van der Waals surface area contributed by atoms with E-state index in [4.69, 9.17) is 0 Å². The minimum Gasteiger partial charge on any atom is -0.375 e. The predicted octanol–water partition coefficient (Wildman–Crippen LogP) is 4.19. The molecule has 1 amide bonds. The quantitative estimate of drug-likeness (QED) is 0.808. The summed E-state index contributed by atoms with van der Waals surface area (Å²) in [6, 6.07) is 6.66. The molecule has 0 aromatic heterocycles. The number of hydrogen-bond acceptors (Lipinski definition) is 2. The molecule has 0 unspecified atom stereocenters. The van der Waals surface area contributed by atoms with E-state index in [2.05, 4.69) is 0 Å². The molecule has 0 N–H and O–H groups in total. The van der Waals surface area contributed by atoms with Crippen LogP contribution in [-0.4, -0.2) is 43.7 Å². The van der Waals surface area contributed by atoms with Crippen LogP contribution < -0.4 is 4.90 Å². The molecule has 1 rings (SSSR count). The van der Waals surface area contributed by atoms with Crippen molar-refractivity contribution in [3.8, 4) is 0 Å². The van der Waals surface area contributed by atoms with Crippen LogP contribution in [0.1, 0.15) is 38.1 Å². The van der Waals surface area contributed by atoms with Crippen LogP contribution in [0.3, 0.4) is 0 Å². The monoisotopic (exact) mass is 330 g/mol. The van der Waals surface area contributed by atoms with Gasteiger partial charge in [0.25, 0.3) is 5.91 Å². The molecule has 130 valence electrons. The molecule has 0 saturated carbocycles. The molecule has 1 aromatic carbocycles. The van der Waals surface area contributed by atoms with Gasteiger partial charge in [0.15, 0.2) is 0 Å². The Hall–Kier alpha value is -1.72. The highest BCUT2D eigenvalue weighted by atomic mass is 19.4. The molecule has 0 aliphatic heterocycles. The van der Waals surface area contributed by atoms with Crippen molar-refractivity contribution >= 4 is 11.6 Å². The number of anilines is 1. The van der Waals surface area contributed by atoms with E-state index in [0.717, 1.165) is 17.1 Å². The molecule has 0 radical (unpaired) electrons. The molecule has 0 bridgehead atoms. The molecular formula is C17H25F3N2O. The smallest absolute Gasteiger partial charge is 0.375 e. The molecule has 0 heterocycles. The number of alkyl halides is 3. The Morgan fingerprint density at radius 2 is 1.57 bits per heavy atom. The Morgan fingerprint density at radius 1 is 1.04 bits per heavy atom. The minimum atomic E-state index is -4.41. The number of rotatable bonds is 5. The third kappa shape index (κ3) is 6.50. The van der Waals surface area contributed by atoms with Crippen molar-refractivity contribution in [3.05, 3.63) is 29.8 Å². The van der Waals surface area contributed by atoms with Crippen molar-refractivity contribution in [2.75, 3.05) is 31.6 Å². The second-order valence-electron chi connectivity index (χ2n) is 6.90. The average Bonchev–Trinajstić information content (AvgIpc) is 2.42. The summed E-state index contributed by atoms with van der Waals surface area (Å²) in [5.74, 6) is -0.594. The number of benzene rings is 1. The normalized spacial score (nSPS) is 12.2. The number of amides is 1. The fourth-order valence-electron chi connectivity index (χ4n) is 2.21. The molecule has 1 aromatic rings. The second-order valence-corrected chi connectivity index (χ2v) is 6.90. The van der Waals surface area contributed by atoms with Crippen molar-refractivity contribution in [3.63, 3.8) is 0 Å². The standard InChI is InChI=1S/C17H25F3N2O/c1-6-21(5)14-9-7-13(8-10-14)15(23)22(11-16(2,3)4)12-17(18,19)20/h7-10H,6,11-12H2,1-5H3. The Morgan fingerprint density at radius 3 is 1.96 bits per heavy atom. The third-order valence-corrected chi connectivity index (χ3v) is 3.35. The molecule has 0 fully saturated rings. The zero-order valence-electron chi connectivity index (χ0n) is 14.4. The Kier molecular flexibility index (Phi) is 6.08. The highest BCUT2D eigenvalue weighted by Gasteiger charge is 2.35. The van der Waals surface area contributed by atoms with Gasteiger partial charge in [-0.3, -0.25) is 4.79 Å². The van der Waals surface area contributed by atoms with E-state index in [9.17, 15) is 18.0 Å². The van der Waals surface area contributed by atoms with Crippen LogP contribution in [0, 0.1) is 5.41 Å². The van der Waals surface area contributed by atoms with Crippen molar-refractivity contribution in [2.24, 2.45) is 5.41 Å². The van der Waals surface area contributed by atoms with Crippen LogP contribution >= 0.6 is 0 Å². The lowest BCUT2D eigenvalue weighted by atomic mass is 9.95. The molecule has 6 heteroatoms. The number of halogens is 3. The zero-order valence-corrected chi connectivity index (χ0v) is 14.4. The van der Waals surface area contributed by atoms with Crippen molar-refractivity contribution in [1.29, 1.82) is 0 Å². The molecule has 0 saturated heterocycles. The maximum absolute atomic E-state index is 12.8. The van der Waals surface area contributed by atoms with Crippen molar-refractivity contribution in [2.45, 2.75) is 33.9 Å². The zero-order chi connectivity index (χ0) is 17.8. The van der Waals surface area contributed by atoms with Gasteiger partial charge < -0.3 is 9.80 Å². The van der Waals surface area contributed by atoms with Crippen LogP contribution in [0.25, 0.3) is 0 Å². The third-order valence-electron chi connectivity index (χ3n) is 3.35. The van der Waals surface area contributed by atoms with Crippen LogP contribution in [0.4, 0.5) is 18.9 Å². The molecule has 0 spiro atoms. The van der Waals surface area contributed by atoms with E-state index in [1.54, 1.807) is 24.3 Å². The van der Waals surface area contributed by atoms with Gasteiger partial charge in [0.2, 0.25) is 0 Å². The highest BCUT2D eigenvalue weighted by Crippen LogP contribution is 2.23. The first-order valence-corrected chi connectivity index (χ1v) is 7.60. The van der Waals surface area contributed by atoms with Crippen LogP contribution in [0.2, 0.25) is 0 Å². The summed E-state index contributed by atoms with van der Waals surface area (Å²) in [7, 11) is 1.91. The van der Waals surface area contributed by atoms with Gasteiger partial charge in [-0.15, -0.1) is 0 Å². The minimum absolute atomic E-state index is 0.0436. The van der Waals surface area contributed by atoms with E-state index >= 15 is 0 Å². The summed E-state index contributed by atoms with van der Waals surface area (Å²) >= 11 is 0. The summed E-state index contributed by atoms with van der Waals surface area (Å²) in [4.78, 5) is 15.3. The van der Waals surface area contributed by atoms with Gasteiger partial charge in [-0.25, -0.2) is 0 Å². The van der Waals surface area contributed by atoms with Gasteiger partial charge in [-0.1, -0.05) is 20.8 Å². The highest BCUT2D eigenvalue weighted by molar-refractivity contribution is 5.94. The molecule has 0 atom stereocenters. The van der Waals surface area contributed by atoms with Crippen LogP contribution in [0.5, 0.6) is 0 Å². The first kappa shape index (κ1) is 19.3. The van der Waals surface area contributed by atoms with E-state index in [1.807, 2.05) is 39.6 Å². The predicted molar refractivity (Wildman–Crippen MR) is 86.8 cm³/mol. The first-order chi connectivity index (χ1) is 10.4. The number of hydrogen-bond donors (Lipinski definition) is 0. The first-order valence-electron chi connectivity index (χ1n) is 7.60. The van der Waals surface area contributed by atoms with Gasteiger partial charge in [0.05, 0.1) is 0 Å². The second kappa shape index (κ2) is 7.23. The lowest BCUT2D eigenvalue weighted by molar-refractivity contribution is -0.142. The Balaban J connectivity index is 2.99. The Bertz CT molecular complexity index is 502. The summed E-state index contributed by atoms with van der Waals surface area (Å²) in [6.07, 6.45) is -4.41. The molecular weight excluding hydrogens is 305 g/mol. The number of carbonyl (C=O) groups excluding carboxylic acids is 1. The van der Waals surface area contributed by atoms with Gasteiger partial charge >= 0.3 is 6.18 Å². The summed E-state index contributed by atoms with van der Waals surface area (Å²) in [6.45, 7) is 7.03. The SMILES string of the molecule is CCN(C)c1ccc(C(=O)N(CC(C)(C)C)CC(F)(F)F)cc1. The van der Waals surface area contributed by atoms with E-state index in [-0.39, 0.29) is 12.1 Å². The van der Waals surface area contributed by atoms with Gasteiger partial charge in [0, 0.05) is 31.4 Å². The largest absolute Gasteiger partial charge is 0.406 e. The van der Waals surface area contributed by atoms with Gasteiger partial charge in [0.1, 0.15) is 6.54 Å². The van der Waals surface area contributed by atoms with Crippen molar-refractivity contribution < 1.29 is 18.0 Å². The van der Waals surface area contributed by atoms with E-state index in [0.29, 0.717) is 0 Å². The molecule has 0 aliphatic carbocycles. The van der Waals surface area contributed by atoms with Crippen LogP contribution in [0.15, 0.2) is 24.3 Å². The fraction of sp³-hybridized carbons (Fsp3) is 0.588. The van der Waals surface area contributed by atoms with Gasteiger partial charge in [-0.2, -0.15) is 13.2 Å². The summed E-state index contributed by atoms with van der Waals surface area (Å²) in [5.41, 5.74) is 0.775. The Labute approximate surface area is 136 Å². The van der Waals surface area contributed by atoms with E-state index < -0.39 is 24.0 Å². The maximum atomic E-state index is 12.8. The fourth-order valence-corrected chi connectivity index (χ4v) is 2.21. The maximum Gasteiger partial charge on any atom is 0.406 e. The molecule has 0 aliphatic rings. The lowest BCUT2D eigenvalue weighted by Crippen LogP contribution is -2.43. The summed E-state index contributed by atoms with van der Waals surface area (Å²) < 4.78 is 38.3. The van der Waals surface area contributed by atoms with Crippen molar-refractivity contribution in [1.82, 2.24) is 4.90 Å². The number of carbonyl (C=O) groups is 1. The lowest BCUT2D eigenvalue weighted by Gasteiger charge is -2.31. The van der Waals surface area contributed by atoms with Gasteiger partial charge in [-0.05, 0) is 36.6 Å². The van der Waals surface area contributed by atoms with E-state index in [1.165, 1.54) is 0 Å². The number of nitrogens with zero attached hydrogens (tertiary/aromatic N) is 2. The average molecular weight is 330 g/mol.